The van der Waals surface area contributed by atoms with Gasteiger partial charge in [-0.25, -0.2) is 19.2 Å². The molecule has 0 atom stereocenters. The van der Waals surface area contributed by atoms with Crippen molar-refractivity contribution in [1.29, 1.82) is 0 Å². The number of hydrogen-bond donors (Lipinski definition) is 2. The quantitative estimate of drug-likeness (QED) is 0.776. The molecule has 2 aromatic heterocycles. The van der Waals surface area contributed by atoms with Crippen LogP contribution in [-0.4, -0.2) is 25.6 Å². The predicted octanol–water partition coefficient (Wildman–Crippen LogP) is 2.58. The van der Waals surface area contributed by atoms with Crippen LogP contribution in [-0.2, 0) is 0 Å². The average Bonchev–Trinajstić information content (AvgIpc) is 2.89. The van der Waals surface area contributed by atoms with E-state index < -0.39 is 0 Å². The molecule has 1 aromatic carbocycles. The smallest absolute Gasteiger partial charge is 0.330 e. The van der Waals surface area contributed by atoms with Gasteiger partial charge in [0, 0.05) is 18.4 Å². The van der Waals surface area contributed by atoms with E-state index in [1.165, 1.54) is 16.7 Å². The first-order chi connectivity index (χ1) is 11.0. The number of aromatic nitrogens is 4. The van der Waals surface area contributed by atoms with Crippen molar-refractivity contribution in [3.8, 4) is 17.1 Å². The van der Waals surface area contributed by atoms with Crippen LogP contribution in [0.5, 0.6) is 0 Å². The molecule has 23 heavy (non-hydrogen) atoms. The minimum Gasteiger partial charge on any atom is -0.352 e. The summed E-state index contributed by atoms with van der Waals surface area (Å²) >= 11 is 0. The van der Waals surface area contributed by atoms with Gasteiger partial charge >= 0.3 is 5.69 Å². The van der Waals surface area contributed by atoms with Gasteiger partial charge in [0.1, 0.15) is 5.82 Å². The Morgan fingerprint density at radius 3 is 2.65 bits per heavy atom. The topological polar surface area (TPSA) is 75.6 Å². The molecule has 7 heteroatoms. The lowest BCUT2D eigenvalue weighted by molar-refractivity contribution is 0.627. The third kappa shape index (κ3) is 3.13. The fourth-order valence-corrected chi connectivity index (χ4v) is 2.23. The van der Waals surface area contributed by atoms with Gasteiger partial charge in [0.15, 0.2) is 0 Å². The van der Waals surface area contributed by atoms with Crippen LogP contribution in [0.15, 0.2) is 47.5 Å². The Morgan fingerprint density at radius 1 is 1.22 bits per heavy atom. The molecular formula is C16H16FN5O. The first kappa shape index (κ1) is 15.0. The van der Waals surface area contributed by atoms with Gasteiger partial charge in [0.2, 0.25) is 5.95 Å². The van der Waals surface area contributed by atoms with E-state index >= 15 is 0 Å². The van der Waals surface area contributed by atoms with Crippen LogP contribution in [0.3, 0.4) is 0 Å². The Kier molecular flexibility index (Phi) is 3.92. The minimum absolute atomic E-state index is 0.191. The van der Waals surface area contributed by atoms with E-state index in [0.717, 1.165) is 0 Å². The Hall–Kier alpha value is -2.96. The standard InChI is InChI=1S/C16H16FN5O/c1-10(2)20-15-18-8-7-13(21-15)14-9-19-16(23)22(14)12-5-3-11(17)4-6-12/h3-10H,1-2H3,(H,19,23)(H,18,20,21). The Labute approximate surface area is 132 Å². The zero-order chi connectivity index (χ0) is 16.4. The first-order valence-corrected chi connectivity index (χ1v) is 7.21. The fraction of sp³-hybridized carbons (Fsp3) is 0.188. The number of halogens is 1. The molecule has 0 spiro atoms. The van der Waals surface area contributed by atoms with Crippen LogP contribution in [0.2, 0.25) is 0 Å². The molecule has 0 unspecified atom stereocenters. The van der Waals surface area contributed by atoms with Crippen molar-refractivity contribution < 1.29 is 4.39 Å². The summed E-state index contributed by atoms with van der Waals surface area (Å²) in [5, 5.41) is 3.12. The number of H-pyrrole nitrogens is 1. The van der Waals surface area contributed by atoms with Gasteiger partial charge in [0.05, 0.1) is 17.1 Å². The van der Waals surface area contributed by atoms with Gasteiger partial charge in [-0.1, -0.05) is 0 Å². The number of nitrogens with one attached hydrogen (secondary N) is 2. The molecule has 2 heterocycles. The Balaban J connectivity index is 2.08. The molecule has 118 valence electrons. The summed E-state index contributed by atoms with van der Waals surface area (Å²) in [5.41, 5.74) is 1.41. The molecule has 0 saturated heterocycles. The largest absolute Gasteiger partial charge is 0.352 e. The van der Waals surface area contributed by atoms with Gasteiger partial charge in [-0.15, -0.1) is 0 Å². The number of benzene rings is 1. The molecule has 0 aliphatic carbocycles. The second-order valence-electron chi connectivity index (χ2n) is 5.36. The average molecular weight is 313 g/mol. The zero-order valence-corrected chi connectivity index (χ0v) is 12.7. The van der Waals surface area contributed by atoms with Crippen LogP contribution in [0.4, 0.5) is 10.3 Å². The highest BCUT2D eigenvalue weighted by atomic mass is 19.1. The Bertz CT molecular complexity index is 867. The highest BCUT2D eigenvalue weighted by molar-refractivity contribution is 5.58. The van der Waals surface area contributed by atoms with E-state index in [2.05, 4.69) is 20.3 Å². The van der Waals surface area contributed by atoms with Crippen molar-refractivity contribution >= 4 is 5.95 Å². The maximum Gasteiger partial charge on any atom is 0.330 e. The summed E-state index contributed by atoms with van der Waals surface area (Å²) < 4.78 is 14.5. The molecule has 3 aromatic rings. The van der Waals surface area contributed by atoms with Crippen LogP contribution >= 0.6 is 0 Å². The van der Waals surface area contributed by atoms with Crippen molar-refractivity contribution in [3.05, 3.63) is 59.0 Å². The molecule has 0 amide bonds. The number of anilines is 1. The van der Waals surface area contributed by atoms with Crippen LogP contribution in [0.1, 0.15) is 13.8 Å². The van der Waals surface area contributed by atoms with Gasteiger partial charge < -0.3 is 10.3 Å². The van der Waals surface area contributed by atoms with Crippen LogP contribution < -0.4 is 11.0 Å². The van der Waals surface area contributed by atoms with E-state index in [4.69, 9.17) is 0 Å². The molecule has 6 nitrogen and oxygen atoms in total. The van der Waals surface area contributed by atoms with Gasteiger partial charge in [-0.05, 0) is 44.2 Å². The van der Waals surface area contributed by atoms with E-state index in [1.807, 2.05) is 13.8 Å². The first-order valence-electron chi connectivity index (χ1n) is 7.21. The van der Waals surface area contributed by atoms with Crippen LogP contribution in [0.25, 0.3) is 17.1 Å². The number of rotatable bonds is 4. The van der Waals surface area contributed by atoms with Gasteiger partial charge in [-0.3, -0.25) is 4.57 Å². The highest BCUT2D eigenvalue weighted by Crippen LogP contribution is 2.20. The molecule has 3 rings (SSSR count). The number of nitrogens with zero attached hydrogens (tertiary/aromatic N) is 3. The van der Waals surface area contributed by atoms with Crippen molar-refractivity contribution in [2.45, 2.75) is 19.9 Å². The fourth-order valence-electron chi connectivity index (χ4n) is 2.23. The molecule has 0 aliphatic rings. The molecule has 0 aliphatic heterocycles. The number of aromatic amines is 1. The molecule has 0 bridgehead atoms. The summed E-state index contributed by atoms with van der Waals surface area (Å²) in [6.07, 6.45) is 3.20. The van der Waals surface area contributed by atoms with Crippen molar-refractivity contribution in [3.63, 3.8) is 0 Å². The summed E-state index contributed by atoms with van der Waals surface area (Å²) in [6, 6.07) is 7.61. The molecule has 0 radical (unpaired) electrons. The monoisotopic (exact) mass is 313 g/mol. The number of hydrogen-bond acceptors (Lipinski definition) is 4. The second kappa shape index (κ2) is 6.04. The number of imidazole rings is 1. The Morgan fingerprint density at radius 2 is 1.96 bits per heavy atom. The van der Waals surface area contributed by atoms with E-state index in [9.17, 15) is 9.18 Å². The van der Waals surface area contributed by atoms with Crippen LogP contribution in [0, 0.1) is 5.82 Å². The normalized spacial score (nSPS) is 11.0. The second-order valence-corrected chi connectivity index (χ2v) is 5.36. The summed E-state index contributed by atoms with van der Waals surface area (Å²) in [6.45, 7) is 3.97. The van der Waals surface area contributed by atoms with E-state index in [1.54, 1.807) is 30.6 Å². The summed E-state index contributed by atoms with van der Waals surface area (Å²) in [4.78, 5) is 23.3. The lowest BCUT2D eigenvalue weighted by atomic mass is 10.2. The van der Waals surface area contributed by atoms with Crippen molar-refractivity contribution in [1.82, 2.24) is 19.5 Å². The van der Waals surface area contributed by atoms with Gasteiger partial charge in [-0.2, -0.15) is 0 Å². The summed E-state index contributed by atoms with van der Waals surface area (Å²) in [5.74, 6) is 0.126. The lowest BCUT2D eigenvalue weighted by Gasteiger charge is -2.10. The minimum atomic E-state index is -0.357. The predicted molar refractivity (Wildman–Crippen MR) is 86.1 cm³/mol. The van der Waals surface area contributed by atoms with Gasteiger partial charge in [0.25, 0.3) is 0 Å². The lowest BCUT2D eigenvalue weighted by Crippen LogP contribution is -2.16. The third-order valence-electron chi connectivity index (χ3n) is 3.20. The molecule has 2 N–H and O–H groups in total. The van der Waals surface area contributed by atoms with E-state index in [0.29, 0.717) is 23.0 Å². The highest BCUT2D eigenvalue weighted by Gasteiger charge is 2.13. The third-order valence-corrected chi connectivity index (χ3v) is 3.20. The maximum absolute atomic E-state index is 13.1. The maximum atomic E-state index is 13.1. The van der Waals surface area contributed by atoms with Crippen molar-refractivity contribution in [2.75, 3.05) is 5.32 Å². The summed E-state index contributed by atoms with van der Waals surface area (Å²) in [7, 11) is 0. The molecular weight excluding hydrogens is 297 g/mol. The van der Waals surface area contributed by atoms with E-state index in [-0.39, 0.29) is 17.5 Å². The molecule has 0 saturated carbocycles. The SMILES string of the molecule is CC(C)Nc1nccc(-c2c[nH]c(=O)n2-c2ccc(F)cc2)n1. The molecule has 0 fully saturated rings. The van der Waals surface area contributed by atoms with Crippen molar-refractivity contribution in [2.24, 2.45) is 0 Å². The zero-order valence-electron chi connectivity index (χ0n) is 12.7.